The van der Waals surface area contributed by atoms with Crippen molar-refractivity contribution in [3.63, 3.8) is 0 Å². The second-order valence-electron chi connectivity index (χ2n) is 4.53. The van der Waals surface area contributed by atoms with Gasteiger partial charge in [0.2, 0.25) is 0 Å². The maximum Gasteiger partial charge on any atom is 3.00 e. The fourth-order valence-corrected chi connectivity index (χ4v) is 1.18. The minimum absolute atomic E-state index is 0. The van der Waals surface area contributed by atoms with Gasteiger partial charge in [0, 0.05) is 0 Å². The van der Waals surface area contributed by atoms with Crippen LogP contribution in [-0.4, -0.2) is 19.5 Å². The molecule has 1 aliphatic rings. The first-order valence-corrected chi connectivity index (χ1v) is 11.9. The van der Waals surface area contributed by atoms with Crippen LogP contribution in [0.1, 0.15) is 31.7 Å². The Labute approximate surface area is 139 Å². The van der Waals surface area contributed by atoms with Gasteiger partial charge in [-0.25, -0.2) is 12.2 Å². The van der Waals surface area contributed by atoms with Crippen molar-refractivity contribution in [2.24, 2.45) is 0 Å². The van der Waals surface area contributed by atoms with Crippen LogP contribution in [0, 0.1) is 6.08 Å². The van der Waals surface area contributed by atoms with Crippen molar-refractivity contribution in [1.29, 1.82) is 0 Å². The first-order valence-electron chi connectivity index (χ1n) is 6.09. The Hall–Kier alpha value is -0.382. The molecular weight excluding hydrogens is 460 g/mol. The van der Waals surface area contributed by atoms with Gasteiger partial charge in [-0.1, -0.05) is 44.2 Å². The van der Waals surface area contributed by atoms with Crippen molar-refractivity contribution in [2.75, 3.05) is 0 Å². The summed E-state index contributed by atoms with van der Waals surface area (Å²) < 4.78 is 59.6. The molecule has 1 aromatic rings. The Kier molecular flexibility index (Phi) is 9.19. The molecule has 127 valence electrons. The number of benzene rings is 1. The van der Waals surface area contributed by atoms with E-state index in [-0.39, 0.29) is 17.1 Å². The van der Waals surface area contributed by atoms with Crippen LogP contribution in [0.2, 0.25) is 0 Å². The zero-order chi connectivity index (χ0) is 16.6. The summed E-state index contributed by atoms with van der Waals surface area (Å²) in [5.74, 6) is 0.659. The van der Waals surface area contributed by atoms with Crippen LogP contribution >= 0.6 is 0 Å². The third kappa shape index (κ3) is 24.6. The summed E-state index contributed by atoms with van der Waals surface area (Å²) in [6.07, 6.45) is 10.0. The van der Waals surface area contributed by atoms with Crippen LogP contribution < -0.4 is 0 Å². The van der Waals surface area contributed by atoms with E-state index in [9.17, 15) is 16.9 Å². The van der Waals surface area contributed by atoms with E-state index >= 15 is 0 Å². The van der Waals surface area contributed by atoms with Gasteiger partial charge in [0.25, 0.3) is 0 Å². The minimum Gasteiger partial charge on any atom is 3.00 e. The van der Waals surface area contributed by atoms with Crippen molar-refractivity contribution in [3.8, 4) is 0 Å². The smallest absolute Gasteiger partial charge is 3.00 e. The van der Waals surface area contributed by atoms with Crippen molar-refractivity contribution in [3.05, 3.63) is 60.2 Å². The van der Waals surface area contributed by atoms with E-state index in [1.165, 1.54) is 5.56 Å². The molecule has 0 aliphatic heterocycles. The van der Waals surface area contributed by atoms with Gasteiger partial charge < -0.3 is 0 Å². The number of hydrogen-bond acceptors (Lipinski definition) is 0. The average Bonchev–Trinajstić information content (AvgIpc) is 2.84. The van der Waals surface area contributed by atoms with Crippen LogP contribution in [0.25, 0.3) is 0 Å². The summed E-state index contributed by atoms with van der Waals surface area (Å²) in [5, 5.41) is 0. The molecule has 0 saturated heterocycles. The SMILES string of the molecule is CC(C)c1ccccc1.[C-]1=CC=CC1.[F][Sb-]([F])([F])([F])([F])[F].[Fe+3]. The molecule has 1 aromatic carbocycles. The predicted molar refractivity (Wildman–Crippen MR) is 74.5 cm³/mol. The molecule has 0 heterocycles. The molecule has 2 rings (SSSR count). The van der Waals surface area contributed by atoms with Crippen molar-refractivity contribution in [1.82, 2.24) is 0 Å². The Balaban J connectivity index is 0. The number of allylic oxidation sites excluding steroid dienone is 4. The van der Waals surface area contributed by atoms with Crippen molar-refractivity contribution >= 4 is 19.5 Å². The number of hydrogen-bond donors (Lipinski definition) is 0. The van der Waals surface area contributed by atoms with Crippen LogP contribution in [0.15, 0.2) is 48.6 Å². The van der Waals surface area contributed by atoms with E-state index in [0.29, 0.717) is 5.92 Å². The maximum absolute atomic E-state index is 11.2. The third-order valence-corrected chi connectivity index (χ3v) is 2.05. The van der Waals surface area contributed by atoms with Gasteiger partial charge in [-0.15, -0.1) is 6.42 Å². The first-order chi connectivity index (χ1) is 9.25. The molecule has 8 heteroatoms. The first kappa shape index (κ1) is 23.9. The molecule has 0 N–H and O–H groups in total. The zero-order valence-electron chi connectivity index (χ0n) is 12.0. The summed E-state index contributed by atoms with van der Waals surface area (Å²) in [4.78, 5) is 0. The maximum atomic E-state index is 9.93. The van der Waals surface area contributed by atoms with Crippen molar-refractivity contribution in [2.45, 2.75) is 26.2 Å². The Morgan fingerprint density at radius 3 is 1.59 bits per heavy atom. The van der Waals surface area contributed by atoms with Gasteiger partial charge in [0.05, 0.1) is 0 Å². The summed E-state index contributed by atoms with van der Waals surface area (Å²) in [6.45, 7) is 4.41. The van der Waals surface area contributed by atoms with E-state index in [4.69, 9.17) is 0 Å². The van der Waals surface area contributed by atoms with Gasteiger partial charge in [-0.05, 0) is 11.5 Å². The molecule has 0 fully saturated rings. The minimum atomic E-state index is -11.2. The molecule has 0 atom stereocenters. The standard InChI is InChI=1S/C9H12.C5H5.6FH.Fe.Sb/c1-8(2)9-6-4-3-5-7-9;1-2-4-5-3-1;;;;;;;;/h3-8H,1-2H3;1-3H,4H2;6*1H;;/q;-1;;;;;;;+3;+5/p-6. The quantitative estimate of drug-likeness (QED) is 0.255. The Bertz CT molecular complexity index is 455. The van der Waals surface area contributed by atoms with E-state index < -0.39 is 19.5 Å². The second kappa shape index (κ2) is 8.46. The zero-order valence-corrected chi connectivity index (χ0v) is 15.6. The number of rotatable bonds is 1. The molecule has 1 aliphatic carbocycles. The molecule has 22 heavy (non-hydrogen) atoms. The molecule has 0 spiro atoms. The van der Waals surface area contributed by atoms with E-state index in [1.54, 1.807) is 0 Å². The summed E-state index contributed by atoms with van der Waals surface area (Å²) in [6, 6.07) is 10.5. The van der Waals surface area contributed by atoms with E-state index in [0.717, 1.165) is 6.42 Å². The Morgan fingerprint density at radius 1 is 0.955 bits per heavy atom. The van der Waals surface area contributed by atoms with Gasteiger partial charge in [-0.3, -0.25) is 6.08 Å². The molecule has 0 aromatic heterocycles. The molecular formula is C14H17F6FeSb+. The fraction of sp³-hybridized carbons (Fsp3) is 0.286. The van der Waals surface area contributed by atoms with Gasteiger partial charge >= 0.3 is 53.4 Å². The van der Waals surface area contributed by atoms with E-state index in [2.05, 4.69) is 50.3 Å². The fourth-order valence-electron chi connectivity index (χ4n) is 1.18. The monoisotopic (exact) mass is 476 g/mol. The summed E-state index contributed by atoms with van der Waals surface area (Å²) >= 11 is -11.2. The van der Waals surface area contributed by atoms with Gasteiger partial charge in [-0.2, -0.15) is 6.08 Å². The van der Waals surface area contributed by atoms with Crippen LogP contribution in [0.4, 0.5) is 16.9 Å². The Morgan fingerprint density at radius 2 is 1.41 bits per heavy atom. The molecule has 0 bridgehead atoms. The second-order valence-corrected chi connectivity index (χ2v) is 10.00. The molecule has 0 amide bonds. The van der Waals surface area contributed by atoms with Crippen molar-refractivity contribution < 1.29 is 33.9 Å². The number of halogens is 6. The average molecular weight is 477 g/mol. The molecule has 0 unspecified atom stereocenters. The summed E-state index contributed by atoms with van der Waals surface area (Å²) in [5.41, 5.74) is 1.41. The largest absolute Gasteiger partial charge is 3.00 e. The molecule has 1 radical (unpaired) electrons. The predicted octanol–water partition coefficient (Wildman–Crippen LogP) is 6.25. The van der Waals surface area contributed by atoms with E-state index in [1.807, 2.05) is 18.2 Å². The van der Waals surface area contributed by atoms with Gasteiger partial charge in [0.1, 0.15) is 0 Å². The van der Waals surface area contributed by atoms with Crippen LogP contribution in [-0.2, 0) is 17.1 Å². The molecule has 0 nitrogen and oxygen atoms in total. The molecule has 0 saturated carbocycles. The van der Waals surface area contributed by atoms with Crippen LogP contribution in [0.5, 0.6) is 0 Å². The summed E-state index contributed by atoms with van der Waals surface area (Å²) in [7, 11) is 0. The van der Waals surface area contributed by atoms with Gasteiger partial charge in [0.15, 0.2) is 0 Å². The topological polar surface area (TPSA) is 0 Å². The normalized spacial score (nSPS) is 15.5. The van der Waals surface area contributed by atoms with Crippen LogP contribution in [0.3, 0.4) is 0 Å². The third-order valence-electron chi connectivity index (χ3n) is 2.05.